The molecule has 0 heterocycles. The smallest absolute Gasteiger partial charge is 0.200 e. The lowest BCUT2D eigenvalue weighted by Gasteiger charge is -2.42. The van der Waals surface area contributed by atoms with Gasteiger partial charge in [-0.15, -0.1) is 0 Å². The van der Waals surface area contributed by atoms with Crippen LogP contribution >= 0.6 is 12.6 Å². The molecule has 0 nitrogen and oxygen atoms in total. The van der Waals surface area contributed by atoms with Crippen molar-refractivity contribution < 1.29 is 74.6 Å². The van der Waals surface area contributed by atoms with Gasteiger partial charge in [0.1, 0.15) is 0 Å². The second-order valence-corrected chi connectivity index (χ2v) is 5.92. The average Bonchev–Trinajstić information content (AvgIpc) is 2.50. The van der Waals surface area contributed by atoms with Crippen LogP contribution in [0.4, 0.5) is 74.6 Å². The minimum Gasteiger partial charge on any atom is -0.200 e. The molecule has 0 spiro atoms. The molecule has 0 aromatic rings. The van der Waals surface area contributed by atoms with Gasteiger partial charge < -0.3 is 0 Å². The Hall–Kier alpha value is -0.840. The van der Waals surface area contributed by atoms with Crippen LogP contribution in [0.5, 0.6) is 0 Å². The minimum atomic E-state index is -8.58. The molecule has 0 radical (unpaired) electrons. The van der Waals surface area contributed by atoms with E-state index in [9.17, 15) is 74.6 Å². The molecule has 0 fully saturated rings. The molecule has 0 aromatic heterocycles. The molecular weight excluding hydrogens is 487 g/mol. The van der Waals surface area contributed by atoms with Crippen molar-refractivity contribution >= 4 is 12.6 Å². The Morgan fingerprint density at radius 2 is 0.690 bits per heavy atom. The van der Waals surface area contributed by atoms with Gasteiger partial charge in [-0.3, -0.25) is 0 Å². The van der Waals surface area contributed by atoms with E-state index >= 15 is 0 Å². The highest BCUT2D eigenvalue weighted by atomic mass is 32.1. The minimum absolute atomic E-state index is 0.764. The Balaban J connectivity index is 6.57. The average molecular weight is 494 g/mol. The lowest BCUT2D eigenvalue weighted by atomic mass is 9.88. The summed E-state index contributed by atoms with van der Waals surface area (Å²) in [6, 6.07) is 0. The molecule has 0 atom stereocenters. The largest absolute Gasteiger partial charge is 0.460 e. The van der Waals surface area contributed by atoms with Crippen LogP contribution < -0.4 is 0 Å². The number of alkyl halides is 17. The van der Waals surface area contributed by atoms with E-state index in [0.717, 1.165) is 0 Å². The number of hydrogen-bond acceptors (Lipinski definition) is 1. The maximum absolute atomic E-state index is 13.3. The molecule has 0 bridgehead atoms. The van der Waals surface area contributed by atoms with E-state index < -0.39 is 66.2 Å². The van der Waals surface area contributed by atoms with Crippen molar-refractivity contribution in [3.05, 3.63) is 0 Å². The van der Waals surface area contributed by atoms with Gasteiger partial charge >= 0.3 is 47.6 Å². The Kier molecular flexibility index (Phi) is 7.17. The van der Waals surface area contributed by atoms with E-state index in [1.165, 1.54) is 0 Å². The van der Waals surface area contributed by atoms with Crippen LogP contribution in [0.25, 0.3) is 0 Å². The van der Waals surface area contributed by atoms with Crippen molar-refractivity contribution in [3.8, 4) is 0 Å². The van der Waals surface area contributed by atoms with Gasteiger partial charge in [-0.2, -0.15) is 87.3 Å². The lowest BCUT2D eigenvalue weighted by molar-refractivity contribution is -0.461. The normalized spacial score (nSPS) is 16.3. The maximum atomic E-state index is 13.3. The molecule has 0 N–H and O–H groups in total. The van der Waals surface area contributed by atoms with Crippen molar-refractivity contribution in [2.75, 3.05) is 5.75 Å². The summed E-state index contributed by atoms with van der Waals surface area (Å²) in [7, 11) is 0. The zero-order valence-corrected chi connectivity index (χ0v) is 13.9. The molecule has 0 amide bonds. The summed E-state index contributed by atoms with van der Waals surface area (Å²) in [5.41, 5.74) is 0. The maximum Gasteiger partial charge on any atom is 0.460 e. The predicted octanol–water partition coefficient (Wildman–Crippen LogP) is 6.71. The molecule has 0 aliphatic rings. The number of halogens is 17. The molecule has 0 rings (SSSR count). The first kappa shape index (κ1) is 28.2. The second-order valence-electron chi connectivity index (χ2n) is 5.48. The van der Waals surface area contributed by atoms with E-state index in [2.05, 4.69) is 12.6 Å². The fourth-order valence-electron chi connectivity index (χ4n) is 1.65. The van der Waals surface area contributed by atoms with E-state index in [1.807, 2.05) is 0 Å². The second kappa shape index (κ2) is 7.39. The zero-order valence-electron chi connectivity index (χ0n) is 13.0. The summed E-state index contributed by atoms with van der Waals surface area (Å²) in [5, 5.41) is 0. The monoisotopic (exact) mass is 494 g/mol. The quantitative estimate of drug-likeness (QED) is 0.268. The summed E-state index contributed by atoms with van der Waals surface area (Å²) < 4.78 is 219. The molecule has 0 saturated heterocycles. The topological polar surface area (TPSA) is 0 Å². The highest BCUT2D eigenvalue weighted by Crippen LogP contribution is 2.64. The molecule has 176 valence electrons. The predicted molar refractivity (Wildman–Crippen MR) is 63.8 cm³/mol. The Bertz CT molecular complexity index is 574. The summed E-state index contributed by atoms with van der Waals surface area (Å²) in [5.74, 6) is -56.6. The molecule has 0 aliphatic carbocycles. The molecule has 0 aliphatic heterocycles. The van der Waals surface area contributed by atoms with Crippen LogP contribution in [0.2, 0.25) is 0 Å². The van der Waals surface area contributed by atoms with E-state index in [-0.39, 0.29) is 0 Å². The van der Waals surface area contributed by atoms with Gasteiger partial charge in [0.2, 0.25) is 0 Å². The van der Waals surface area contributed by atoms with Crippen molar-refractivity contribution in [2.24, 2.45) is 0 Å². The lowest BCUT2D eigenvalue weighted by Crippen LogP contribution is -2.74. The van der Waals surface area contributed by atoms with Crippen molar-refractivity contribution in [1.29, 1.82) is 0 Å². The molecule has 18 heteroatoms. The summed E-state index contributed by atoms with van der Waals surface area (Å²) in [6.45, 7) is 0. The molecule has 0 saturated carbocycles. The van der Waals surface area contributed by atoms with Gasteiger partial charge in [-0.1, -0.05) is 0 Å². The molecule has 0 unspecified atom stereocenters. The first-order valence-corrected chi connectivity index (χ1v) is 7.26. The number of thiol groups is 1. The third kappa shape index (κ3) is 3.81. The Morgan fingerprint density at radius 1 is 0.414 bits per heavy atom. The summed E-state index contributed by atoms with van der Waals surface area (Å²) in [6.07, 6.45) is -11.4. The Labute approximate surface area is 154 Å². The van der Waals surface area contributed by atoms with Crippen LogP contribution in [0, 0.1) is 0 Å². The summed E-state index contributed by atoms with van der Waals surface area (Å²) >= 11 is 3.18. The van der Waals surface area contributed by atoms with E-state index in [0.29, 0.717) is 0 Å². The zero-order chi connectivity index (χ0) is 24.1. The number of rotatable bonds is 9. The van der Waals surface area contributed by atoms with Gasteiger partial charge in [0, 0.05) is 6.42 Å². The van der Waals surface area contributed by atoms with Crippen LogP contribution in [0.1, 0.15) is 12.8 Å². The van der Waals surface area contributed by atoms with Crippen LogP contribution in [0.3, 0.4) is 0 Å². The highest BCUT2D eigenvalue weighted by Gasteiger charge is 2.95. The van der Waals surface area contributed by atoms with Gasteiger partial charge in [0.05, 0.1) is 0 Å². The van der Waals surface area contributed by atoms with Gasteiger partial charge in [0.25, 0.3) is 0 Å². The fraction of sp³-hybridized carbons (Fsp3) is 1.00. The van der Waals surface area contributed by atoms with Crippen molar-refractivity contribution in [3.63, 3.8) is 0 Å². The first-order chi connectivity index (χ1) is 12.3. The third-order valence-corrected chi connectivity index (χ3v) is 3.75. The number of hydrogen-bond donors (Lipinski definition) is 1. The van der Waals surface area contributed by atoms with Crippen LogP contribution in [-0.4, -0.2) is 53.4 Å². The van der Waals surface area contributed by atoms with Gasteiger partial charge in [-0.05, 0) is 12.2 Å². The van der Waals surface area contributed by atoms with Crippen molar-refractivity contribution in [1.82, 2.24) is 0 Å². The standard InChI is InChI=1S/C11H7F17S/c12-4(13,2-1-3-29)5(14,15)6(16,17)7(18,19)8(20,21)9(22,23)10(24,25)11(26,27)28/h29H,1-3H2. The molecule has 0 aromatic carbocycles. The fourth-order valence-corrected chi connectivity index (χ4v) is 1.81. The first-order valence-electron chi connectivity index (χ1n) is 6.63. The third-order valence-electron chi connectivity index (χ3n) is 3.44. The van der Waals surface area contributed by atoms with E-state index in [4.69, 9.17) is 0 Å². The van der Waals surface area contributed by atoms with Gasteiger partial charge in [0.15, 0.2) is 0 Å². The van der Waals surface area contributed by atoms with Crippen LogP contribution in [-0.2, 0) is 0 Å². The van der Waals surface area contributed by atoms with Gasteiger partial charge in [-0.25, -0.2) is 0 Å². The van der Waals surface area contributed by atoms with E-state index in [1.54, 1.807) is 0 Å². The van der Waals surface area contributed by atoms with Crippen molar-refractivity contribution in [2.45, 2.75) is 60.5 Å². The SMILES string of the molecule is FC(F)(F)C(F)(F)C(F)(F)C(F)(F)C(F)(F)C(F)(F)C(F)(F)C(F)(F)CCCS. The Morgan fingerprint density at radius 3 is 0.966 bits per heavy atom. The molecule has 29 heavy (non-hydrogen) atoms. The molecular formula is C11H7F17S. The summed E-state index contributed by atoms with van der Waals surface area (Å²) in [4.78, 5) is 0. The highest BCUT2D eigenvalue weighted by molar-refractivity contribution is 7.80. The van der Waals surface area contributed by atoms with Crippen LogP contribution in [0.15, 0.2) is 0 Å².